The minimum absolute atomic E-state index is 0.123. The Kier molecular flexibility index (Phi) is 5.36. The Morgan fingerprint density at radius 2 is 1.79 bits per heavy atom. The SMILES string of the molecule is O=C(NCC1(C(=O)O)CCCCC1)c1ccccc1OC(F)(F)F. The number of carboxylic acid groups (broad SMARTS) is 1. The maximum Gasteiger partial charge on any atom is 0.573 e. The highest BCUT2D eigenvalue weighted by atomic mass is 19.4. The van der Waals surface area contributed by atoms with Gasteiger partial charge in [0.1, 0.15) is 5.75 Å². The molecule has 132 valence electrons. The Bertz CT molecular complexity index is 610. The van der Waals surface area contributed by atoms with Gasteiger partial charge in [0.15, 0.2) is 0 Å². The molecule has 1 aliphatic rings. The van der Waals surface area contributed by atoms with Crippen LogP contribution in [0.3, 0.4) is 0 Å². The number of carboxylic acids is 1. The molecule has 1 amide bonds. The Morgan fingerprint density at radius 3 is 2.38 bits per heavy atom. The zero-order valence-electron chi connectivity index (χ0n) is 12.9. The number of nitrogens with one attached hydrogen (secondary N) is 1. The van der Waals surface area contributed by atoms with Crippen molar-refractivity contribution in [1.82, 2.24) is 5.32 Å². The molecule has 1 aromatic rings. The monoisotopic (exact) mass is 345 g/mol. The zero-order valence-corrected chi connectivity index (χ0v) is 12.9. The van der Waals surface area contributed by atoms with Crippen LogP contribution in [0.25, 0.3) is 0 Å². The van der Waals surface area contributed by atoms with Gasteiger partial charge in [-0.25, -0.2) is 0 Å². The van der Waals surface area contributed by atoms with Gasteiger partial charge in [-0.05, 0) is 25.0 Å². The molecule has 1 aliphatic carbocycles. The molecule has 1 aromatic carbocycles. The van der Waals surface area contributed by atoms with Crippen molar-refractivity contribution in [2.75, 3.05) is 6.54 Å². The Hall–Kier alpha value is -2.25. The summed E-state index contributed by atoms with van der Waals surface area (Å²) in [6.07, 6.45) is -1.62. The molecule has 8 heteroatoms. The number of halogens is 3. The third-order valence-corrected chi connectivity index (χ3v) is 4.21. The highest BCUT2D eigenvalue weighted by Gasteiger charge is 2.40. The predicted molar refractivity (Wildman–Crippen MR) is 78.6 cm³/mol. The van der Waals surface area contributed by atoms with Gasteiger partial charge in [0.2, 0.25) is 0 Å². The van der Waals surface area contributed by atoms with Crippen molar-refractivity contribution in [2.45, 2.75) is 38.5 Å². The summed E-state index contributed by atoms with van der Waals surface area (Å²) in [5, 5.41) is 11.9. The molecule has 1 saturated carbocycles. The molecule has 0 saturated heterocycles. The van der Waals surface area contributed by atoms with Crippen molar-refractivity contribution >= 4 is 11.9 Å². The maximum atomic E-state index is 12.4. The van der Waals surface area contributed by atoms with Gasteiger partial charge in [0.25, 0.3) is 5.91 Å². The van der Waals surface area contributed by atoms with E-state index in [9.17, 15) is 27.9 Å². The van der Waals surface area contributed by atoms with E-state index in [1.54, 1.807) is 0 Å². The summed E-state index contributed by atoms with van der Waals surface area (Å²) in [6.45, 7) is -0.123. The largest absolute Gasteiger partial charge is 0.573 e. The maximum absolute atomic E-state index is 12.4. The highest BCUT2D eigenvalue weighted by molar-refractivity contribution is 5.97. The van der Waals surface area contributed by atoms with Gasteiger partial charge < -0.3 is 15.2 Å². The molecule has 0 heterocycles. The van der Waals surface area contributed by atoms with E-state index in [2.05, 4.69) is 10.1 Å². The van der Waals surface area contributed by atoms with Crippen LogP contribution in [0.4, 0.5) is 13.2 Å². The summed E-state index contributed by atoms with van der Waals surface area (Å²) in [4.78, 5) is 23.8. The molecule has 0 atom stereocenters. The van der Waals surface area contributed by atoms with Crippen LogP contribution in [0, 0.1) is 5.41 Å². The van der Waals surface area contributed by atoms with Crippen molar-refractivity contribution in [1.29, 1.82) is 0 Å². The number of amides is 1. The van der Waals surface area contributed by atoms with Crippen molar-refractivity contribution in [3.05, 3.63) is 29.8 Å². The standard InChI is InChI=1S/C16H18F3NO4/c17-16(18,19)24-12-7-3-2-6-11(12)13(21)20-10-15(14(22)23)8-4-1-5-9-15/h2-3,6-7H,1,4-5,8-10H2,(H,20,21)(H,22,23). The first-order chi connectivity index (χ1) is 11.2. The minimum Gasteiger partial charge on any atom is -0.481 e. The highest BCUT2D eigenvalue weighted by Crippen LogP contribution is 2.36. The fourth-order valence-corrected chi connectivity index (χ4v) is 2.91. The summed E-state index contributed by atoms with van der Waals surface area (Å²) < 4.78 is 41.0. The van der Waals surface area contributed by atoms with E-state index >= 15 is 0 Å². The van der Waals surface area contributed by atoms with Crippen LogP contribution in [-0.2, 0) is 4.79 Å². The van der Waals surface area contributed by atoms with Crippen LogP contribution >= 0.6 is 0 Å². The van der Waals surface area contributed by atoms with Gasteiger partial charge in [-0.2, -0.15) is 0 Å². The fourth-order valence-electron chi connectivity index (χ4n) is 2.91. The molecule has 0 unspecified atom stereocenters. The average Bonchev–Trinajstić information content (AvgIpc) is 2.52. The van der Waals surface area contributed by atoms with Gasteiger partial charge in [0.05, 0.1) is 11.0 Å². The second kappa shape index (κ2) is 7.11. The topological polar surface area (TPSA) is 75.6 Å². The van der Waals surface area contributed by atoms with Gasteiger partial charge >= 0.3 is 12.3 Å². The number of benzene rings is 1. The third-order valence-electron chi connectivity index (χ3n) is 4.21. The third kappa shape index (κ3) is 4.39. The minimum atomic E-state index is -4.91. The van der Waals surface area contributed by atoms with E-state index in [-0.39, 0.29) is 12.1 Å². The molecule has 0 aromatic heterocycles. The number of para-hydroxylation sites is 1. The molecule has 0 bridgehead atoms. The summed E-state index contributed by atoms with van der Waals surface area (Å²) in [5.74, 6) is -2.40. The number of ether oxygens (including phenoxy) is 1. The van der Waals surface area contributed by atoms with Crippen LogP contribution in [0.2, 0.25) is 0 Å². The number of aliphatic carboxylic acids is 1. The first-order valence-corrected chi connectivity index (χ1v) is 7.60. The molecule has 2 rings (SSSR count). The zero-order chi connectivity index (χ0) is 17.8. The molecular formula is C16H18F3NO4. The molecule has 1 fully saturated rings. The summed E-state index contributed by atoms with van der Waals surface area (Å²) in [6, 6.07) is 4.96. The fraction of sp³-hybridized carbons (Fsp3) is 0.500. The Balaban J connectivity index is 2.11. The predicted octanol–water partition coefficient (Wildman–Crippen LogP) is 3.35. The van der Waals surface area contributed by atoms with Crippen molar-refractivity contribution in [2.24, 2.45) is 5.41 Å². The van der Waals surface area contributed by atoms with E-state index in [0.717, 1.165) is 25.3 Å². The number of hydrogen-bond donors (Lipinski definition) is 2. The molecule has 0 spiro atoms. The smallest absolute Gasteiger partial charge is 0.481 e. The van der Waals surface area contributed by atoms with Gasteiger partial charge in [-0.1, -0.05) is 31.4 Å². The molecule has 0 radical (unpaired) electrons. The first-order valence-electron chi connectivity index (χ1n) is 7.60. The molecule has 2 N–H and O–H groups in total. The Labute approximate surface area is 136 Å². The normalized spacial score (nSPS) is 17.1. The van der Waals surface area contributed by atoms with E-state index < -0.39 is 29.4 Å². The number of carbonyl (C=O) groups excluding carboxylic acids is 1. The number of alkyl halides is 3. The molecular weight excluding hydrogens is 327 g/mol. The lowest BCUT2D eigenvalue weighted by Crippen LogP contribution is -2.44. The molecule has 5 nitrogen and oxygen atoms in total. The van der Waals surface area contributed by atoms with Crippen molar-refractivity contribution in [3.63, 3.8) is 0 Å². The summed E-state index contributed by atoms with van der Waals surface area (Å²) >= 11 is 0. The van der Waals surface area contributed by atoms with Gasteiger partial charge in [-0.15, -0.1) is 13.2 Å². The van der Waals surface area contributed by atoms with E-state index in [4.69, 9.17) is 0 Å². The first kappa shape index (κ1) is 18.1. The van der Waals surface area contributed by atoms with Gasteiger partial charge in [-0.3, -0.25) is 9.59 Å². The summed E-state index contributed by atoms with van der Waals surface area (Å²) in [5.41, 5.74) is -1.35. The lowest BCUT2D eigenvalue weighted by atomic mass is 9.74. The quantitative estimate of drug-likeness (QED) is 0.858. The molecule has 0 aliphatic heterocycles. The van der Waals surface area contributed by atoms with Crippen LogP contribution in [0.5, 0.6) is 5.75 Å². The lowest BCUT2D eigenvalue weighted by Gasteiger charge is -2.33. The van der Waals surface area contributed by atoms with Crippen molar-refractivity contribution < 1.29 is 32.6 Å². The van der Waals surface area contributed by atoms with Crippen LogP contribution in [-0.4, -0.2) is 29.9 Å². The van der Waals surface area contributed by atoms with E-state index in [0.29, 0.717) is 12.8 Å². The number of rotatable bonds is 5. The van der Waals surface area contributed by atoms with Crippen LogP contribution in [0.15, 0.2) is 24.3 Å². The Morgan fingerprint density at radius 1 is 1.17 bits per heavy atom. The average molecular weight is 345 g/mol. The second-order valence-corrected chi connectivity index (χ2v) is 5.87. The lowest BCUT2D eigenvalue weighted by molar-refractivity contribution is -0.274. The van der Waals surface area contributed by atoms with E-state index in [1.165, 1.54) is 18.2 Å². The van der Waals surface area contributed by atoms with E-state index in [1.807, 2.05) is 0 Å². The summed E-state index contributed by atoms with van der Waals surface area (Å²) in [7, 11) is 0. The van der Waals surface area contributed by atoms with Crippen LogP contribution in [0.1, 0.15) is 42.5 Å². The molecule has 24 heavy (non-hydrogen) atoms. The van der Waals surface area contributed by atoms with Crippen LogP contribution < -0.4 is 10.1 Å². The number of carbonyl (C=O) groups is 2. The van der Waals surface area contributed by atoms with Crippen molar-refractivity contribution in [3.8, 4) is 5.75 Å². The number of hydrogen-bond acceptors (Lipinski definition) is 3. The second-order valence-electron chi connectivity index (χ2n) is 5.87. The van der Waals surface area contributed by atoms with Gasteiger partial charge in [0, 0.05) is 6.54 Å².